The van der Waals surface area contributed by atoms with Crippen molar-refractivity contribution in [1.29, 1.82) is 0 Å². The molecule has 0 amide bonds. The third-order valence-electron chi connectivity index (χ3n) is 3.33. The molecular weight excluding hydrogens is 254 g/mol. The quantitative estimate of drug-likeness (QED) is 0.668. The zero-order chi connectivity index (χ0) is 14.8. The summed E-state index contributed by atoms with van der Waals surface area (Å²) in [6.45, 7) is 5.22. The van der Waals surface area contributed by atoms with Crippen molar-refractivity contribution in [2.24, 2.45) is 0 Å². The molecule has 4 nitrogen and oxygen atoms in total. The summed E-state index contributed by atoms with van der Waals surface area (Å²) in [5.74, 6) is 0.869. The fourth-order valence-electron chi connectivity index (χ4n) is 2.08. The van der Waals surface area contributed by atoms with Gasteiger partial charge in [0.05, 0.1) is 13.2 Å². The van der Waals surface area contributed by atoms with Crippen LogP contribution in [0.2, 0.25) is 0 Å². The van der Waals surface area contributed by atoms with Gasteiger partial charge in [0, 0.05) is 33.4 Å². The molecule has 4 heteroatoms. The molecule has 0 unspecified atom stereocenters. The second-order valence-corrected chi connectivity index (χ2v) is 4.99. The fraction of sp³-hybridized carbons (Fsp3) is 0.625. The van der Waals surface area contributed by atoms with Gasteiger partial charge >= 0.3 is 0 Å². The minimum absolute atomic E-state index is 0.268. The van der Waals surface area contributed by atoms with Crippen molar-refractivity contribution in [2.75, 3.05) is 33.9 Å². The van der Waals surface area contributed by atoms with Gasteiger partial charge in [0.1, 0.15) is 5.75 Å². The lowest BCUT2D eigenvalue weighted by Gasteiger charge is -2.24. The average molecular weight is 281 g/mol. The fourth-order valence-corrected chi connectivity index (χ4v) is 2.08. The van der Waals surface area contributed by atoms with Crippen molar-refractivity contribution in [3.05, 3.63) is 29.8 Å². The van der Waals surface area contributed by atoms with E-state index >= 15 is 0 Å². The van der Waals surface area contributed by atoms with Crippen LogP contribution >= 0.6 is 0 Å². The smallest absolute Gasteiger partial charge is 0.118 e. The van der Waals surface area contributed by atoms with Crippen molar-refractivity contribution < 1.29 is 14.6 Å². The van der Waals surface area contributed by atoms with Gasteiger partial charge in [0.15, 0.2) is 0 Å². The van der Waals surface area contributed by atoms with Crippen LogP contribution in [0.3, 0.4) is 0 Å². The molecule has 0 aliphatic carbocycles. The lowest BCUT2D eigenvalue weighted by atomic mass is 10.1. The third-order valence-corrected chi connectivity index (χ3v) is 3.33. The summed E-state index contributed by atoms with van der Waals surface area (Å²) in [5.41, 5.74) is 1.23. The Bertz CT molecular complexity index is 353. The lowest BCUT2D eigenvalue weighted by molar-refractivity contribution is 0.0968. The molecule has 1 N–H and O–H groups in total. The Balaban J connectivity index is 2.56. The van der Waals surface area contributed by atoms with Crippen LogP contribution in [0.25, 0.3) is 0 Å². The minimum Gasteiger partial charge on any atom is -0.497 e. The molecule has 1 atom stereocenters. The maximum absolute atomic E-state index is 9.85. The van der Waals surface area contributed by atoms with Crippen LogP contribution in [0.1, 0.15) is 25.3 Å². The Morgan fingerprint density at radius 1 is 1.20 bits per heavy atom. The number of methoxy groups -OCH3 is 2. The molecular formula is C16H27NO3. The molecule has 1 rings (SSSR count). The molecule has 0 saturated carbocycles. The van der Waals surface area contributed by atoms with E-state index in [-0.39, 0.29) is 6.10 Å². The summed E-state index contributed by atoms with van der Waals surface area (Å²) >= 11 is 0. The van der Waals surface area contributed by atoms with Crippen molar-refractivity contribution >= 4 is 0 Å². The summed E-state index contributed by atoms with van der Waals surface area (Å²) in [6.07, 6.45) is 1.49. The second-order valence-electron chi connectivity index (χ2n) is 4.99. The number of rotatable bonds is 10. The van der Waals surface area contributed by atoms with Crippen molar-refractivity contribution in [2.45, 2.75) is 32.4 Å². The number of benzene rings is 1. The Kier molecular flexibility index (Phi) is 8.26. The van der Waals surface area contributed by atoms with Gasteiger partial charge in [-0.25, -0.2) is 0 Å². The molecule has 0 heterocycles. The SMILES string of the molecule is CC[C@@H](O)CN(CCCOC)Cc1ccc(OC)cc1. The van der Waals surface area contributed by atoms with Crippen LogP contribution < -0.4 is 4.74 Å². The van der Waals surface area contributed by atoms with Gasteiger partial charge in [-0.15, -0.1) is 0 Å². The van der Waals surface area contributed by atoms with E-state index < -0.39 is 0 Å². The predicted octanol–water partition coefficient (Wildman–Crippen LogP) is 2.30. The first-order valence-corrected chi connectivity index (χ1v) is 7.21. The van der Waals surface area contributed by atoms with Gasteiger partial charge in [-0.2, -0.15) is 0 Å². The number of ether oxygens (including phenoxy) is 2. The first-order valence-electron chi connectivity index (χ1n) is 7.21. The van der Waals surface area contributed by atoms with E-state index in [2.05, 4.69) is 17.0 Å². The largest absolute Gasteiger partial charge is 0.497 e. The molecule has 0 aliphatic heterocycles. The highest BCUT2D eigenvalue weighted by Gasteiger charge is 2.11. The van der Waals surface area contributed by atoms with Crippen molar-refractivity contribution in [1.82, 2.24) is 4.90 Å². The Hall–Kier alpha value is -1.10. The summed E-state index contributed by atoms with van der Waals surface area (Å²) in [6, 6.07) is 8.08. The van der Waals surface area contributed by atoms with Crippen LogP contribution in [0.15, 0.2) is 24.3 Å². The summed E-state index contributed by atoms with van der Waals surface area (Å²) in [4.78, 5) is 2.27. The molecule has 0 radical (unpaired) electrons. The molecule has 0 aliphatic rings. The first kappa shape index (κ1) is 17.0. The van der Waals surface area contributed by atoms with Gasteiger partial charge in [0.2, 0.25) is 0 Å². The number of hydrogen-bond donors (Lipinski definition) is 1. The number of hydrogen-bond acceptors (Lipinski definition) is 4. The molecule has 0 spiro atoms. The van der Waals surface area contributed by atoms with E-state index in [1.54, 1.807) is 14.2 Å². The van der Waals surface area contributed by atoms with E-state index in [9.17, 15) is 5.11 Å². The maximum Gasteiger partial charge on any atom is 0.118 e. The van der Waals surface area contributed by atoms with Crippen LogP contribution in [0, 0.1) is 0 Å². The van der Waals surface area contributed by atoms with Gasteiger partial charge in [-0.1, -0.05) is 19.1 Å². The highest BCUT2D eigenvalue weighted by Crippen LogP contribution is 2.13. The molecule has 0 aromatic heterocycles. The third kappa shape index (κ3) is 6.37. The summed E-state index contributed by atoms with van der Waals surface area (Å²) in [7, 11) is 3.39. The van der Waals surface area contributed by atoms with Gasteiger partial charge in [-0.3, -0.25) is 4.90 Å². The van der Waals surface area contributed by atoms with Gasteiger partial charge < -0.3 is 14.6 Å². The van der Waals surface area contributed by atoms with Crippen LogP contribution in [0.5, 0.6) is 5.75 Å². The van der Waals surface area contributed by atoms with Crippen LogP contribution in [0.4, 0.5) is 0 Å². The van der Waals surface area contributed by atoms with Crippen molar-refractivity contribution in [3.8, 4) is 5.75 Å². The topological polar surface area (TPSA) is 41.9 Å². The molecule has 1 aromatic rings. The zero-order valence-electron chi connectivity index (χ0n) is 12.8. The number of aliphatic hydroxyl groups excluding tert-OH is 1. The molecule has 1 aromatic carbocycles. The normalized spacial score (nSPS) is 12.7. The predicted molar refractivity (Wildman–Crippen MR) is 81.1 cm³/mol. The second kappa shape index (κ2) is 9.75. The highest BCUT2D eigenvalue weighted by molar-refractivity contribution is 5.27. The Morgan fingerprint density at radius 3 is 2.45 bits per heavy atom. The van der Waals surface area contributed by atoms with Crippen LogP contribution in [-0.4, -0.2) is 50.0 Å². The van der Waals surface area contributed by atoms with Gasteiger partial charge in [0.25, 0.3) is 0 Å². The first-order chi connectivity index (χ1) is 9.69. The van der Waals surface area contributed by atoms with Crippen molar-refractivity contribution in [3.63, 3.8) is 0 Å². The minimum atomic E-state index is -0.268. The van der Waals surface area contributed by atoms with E-state index in [1.807, 2.05) is 19.1 Å². The Morgan fingerprint density at radius 2 is 1.90 bits per heavy atom. The number of nitrogens with zero attached hydrogens (tertiary/aromatic N) is 1. The monoisotopic (exact) mass is 281 g/mol. The van der Waals surface area contributed by atoms with E-state index in [0.29, 0.717) is 6.54 Å². The number of aliphatic hydroxyl groups is 1. The summed E-state index contributed by atoms with van der Waals surface area (Å²) < 4.78 is 10.3. The lowest BCUT2D eigenvalue weighted by Crippen LogP contribution is -2.33. The maximum atomic E-state index is 9.85. The molecule has 20 heavy (non-hydrogen) atoms. The molecule has 0 bridgehead atoms. The van der Waals surface area contributed by atoms with E-state index in [1.165, 1.54) is 5.56 Å². The average Bonchev–Trinajstić information content (AvgIpc) is 2.48. The Labute approximate surface area is 122 Å². The highest BCUT2D eigenvalue weighted by atomic mass is 16.5. The standard InChI is InChI=1S/C16H27NO3/c1-4-15(18)13-17(10-5-11-19-2)12-14-6-8-16(20-3)9-7-14/h6-9,15,18H,4-5,10-13H2,1-3H3/t15-/m1/s1. The van der Waals surface area contributed by atoms with E-state index in [4.69, 9.17) is 9.47 Å². The molecule has 0 saturated heterocycles. The van der Waals surface area contributed by atoms with Gasteiger partial charge in [-0.05, 0) is 30.5 Å². The molecule has 0 fully saturated rings. The zero-order valence-corrected chi connectivity index (χ0v) is 12.8. The van der Waals surface area contributed by atoms with E-state index in [0.717, 1.165) is 38.3 Å². The summed E-state index contributed by atoms with van der Waals surface area (Å²) in [5, 5.41) is 9.85. The molecule has 114 valence electrons. The van der Waals surface area contributed by atoms with Crippen LogP contribution in [-0.2, 0) is 11.3 Å².